The average molecular weight is 357 g/mol. The Morgan fingerprint density at radius 1 is 1.24 bits per heavy atom. The Bertz CT molecular complexity index is 906. The Kier molecular flexibility index (Phi) is 4.80. The van der Waals surface area contributed by atoms with Crippen LogP contribution in [0, 0.1) is 0 Å². The molecule has 0 saturated carbocycles. The predicted octanol–water partition coefficient (Wildman–Crippen LogP) is 1.91. The molecule has 4 N–H and O–H groups in total. The Balaban J connectivity index is 1.53. The summed E-state index contributed by atoms with van der Waals surface area (Å²) < 4.78 is 6.33. The topological polar surface area (TPSA) is 115 Å². The zero-order valence-electron chi connectivity index (χ0n) is 13.1. The molecule has 0 atom stereocenters. The summed E-state index contributed by atoms with van der Waals surface area (Å²) in [6.07, 6.45) is 0. The fourth-order valence-corrected chi connectivity index (χ4v) is 3.05. The summed E-state index contributed by atoms with van der Waals surface area (Å²) in [7, 11) is 0. The second-order valence-electron chi connectivity index (χ2n) is 5.14. The fraction of sp³-hybridized carbons (Fsp3) is 0.118. The number of benzene rings is 2. The van der Waals surface area contributed by atoms with E-state index in [2.05, 4.69) is 10.3 Å². The van der Waals surface area contributed by atoms with Gasteiger partial charge in [0.05, 0.1) is 16.8 Å². The second kappa shape index (κ2) is 7.18. The number of nitrogens with two attached hydrogens (primary N) is 1. The summed E-state index contributed by atoms with van der Waals surface area (Å²) in [4.78, 5) is 27.4. The minimum Gasteiger partial charge on any atom is -0.504 e. The highest BCUT2D eigenvalue weighted by Gasteiger charge is 2.12. The van der Waals surface area contributed by atoms with E-state index in [1.165, 1.54) is 29.5 Å². The molecule has 0 fully saturated rings. The fourth-order valence-electron chi connectivity index (χ4n) is 2.16. The van der Waals surface area contributed by atoms with E-state index in [0.29, 0.717) is 5.01 Å². The number of carbonyl (C=O) groups excluding carboxylic acids is 2. The lowest BCUT2D eigenvalue weighted by atomic mass is 10.2. The molecule has 2 amide bonds. The maximum atomic E-state index is 12.1. The first kappa shape index (κ1) is 16.7. The normalized spacial score (nSPS) is 10.6. The first-order valence-electron chi connectivity index (χ1n) is 7.44. The van der Waals surface area contributed by atoms with E-state index in [1.54, 1.807) is 0 Å². The number of aromatic hydroxyl groups is 1. The third-order valence-corrected chi connectivity index (χ3v) is 4.41. The molecule has 1 aromatic heterocycles. The number of nitrogens with one attached hydrogen (secondary N) is 1. The first-order chi connectivity index (χ1) is 12.0. The maximum Gasteiger partial charge on any atom is 0.280 e. The van der Waals surface area contributed by atoms with E-state index in [9.17, 15) is 14.7 Å². The molecule has 7 nitrogen and oxygen atoms in total. The van der Waals surface area contributed by atoms with Crippen molar-refractivity contribution in [2.24, 2.45) is 5.73 Å². The number of carbonyl (C=O) groups is 2. The molecule has 0 spiro atoms. The highest BCUT2D eigenvalue weighted by atomic mass is 32.1. The van der Waals surface area contributed by atoms with E-state index in [-0.39, 0.29) is 36.1 Å². The van der Waals surface area contributed by atoms with Crippen LogP contribution in [0.4, 0.5) is 0 Å². The highest BCUT2D eigenvalue weighted by Crippen LogP contribution is 2.26. The number of ether oxygens (including phenoxy) is 1. The Hall–Kier alpha value is -3.13. The van der Waals surface area contributed by atoms with Crippen molar-refractivity contribution in [2.75, 3.05) is 13.2 Å². The molecular weight excluding hydrogens is 342 g/mol. The number of hydrogen-bond donors (Lipinski definition) is 3. The number of primary amides is 1. The molecule has 0 unspecified atom stereocenters. The van der Waals surface area contributed by atoms with Crippen molar-refractivity contribution < 1.29 is 19.4 Å². The van der Waals surface area contributed by atoms with Crippen LogP contribution in [-0.4, -0.2) is 35.1 Å². The molecule has 3 rings (SSSR count). The van der Waals surface area contributed by atoms with Gasteiger partial charge in [-0.15, -0.1) is 11.3 Å². The van der Waals surface area contributed by atoms with Gasteiger partial charge in [-0.2, -0.15) is 0 Å². The molecule has 0 aliphatic heterocycles. The quantitative estimate of drug-likeness (QED) is 0.583. The lowest BCUT2D eigenvalue weighted by Gasteiger charge is -2.09. The van der Waals surface area contributed by atoms with Crippen LogP contribution in [0.5, 0.6) is 11.5 Å². The van der Waals surface area contributed by atoms with E-state index in [0.717, 1.165) is 10.2 Å². The van der Waals surface area contributed by atoms with E-state index in [1.807, 2.05) is 24.3 Å². The molecule has 3 aromatic rings. The maximum absolute atomic E-state index is 12.1. The van der Waals surface area contributed by atoms with Crippen LogP contribution in [0.2, 0.25) is 0 Å². The van der Waals surface area contributed by atoms with Gasteiger partial charge < -0.3 is 20.9 Å². The molecule has 128 valence electrons. The number of phenolic OH excluding ortho intramolecular Hbond substituents is 1. The minimum atomic E-state index is -0.634. The van der Waals surface area contributed by atoms with Crippen molar-refractivity contribution in [1.29, 1.82) is 0 Å². The number of phenols is 1. The lowest BCUT2D eigenvalue weighted by Crippen LogP contribution is -2.28. The van der Waals surface area contributed by atoms with E-state index >= 15 is 0 Å². The Morgan fingerprint density at radius 3 is 2.76 bits per heavy atom. The van der Waals surface area contributed by atoms with Gasteiger partial charge in [-0.05, 0) is 30.3 Å². The molecule has 0 radical (unpaired) electrons. The van der Waals surface area contributed by atoms with Crippen molar-refractivity contribution in [3.63, 3.8) is 0 Å². The molecule has 25 heavy (non-hydrogen) atoms. The minimum absolute atomic E-state index is 0.153. The number of hydrogen-bond acceptors (Lipinski definition) is 6. The van der Waals surface area contributed by atoms with Crippen LogP contribution < -0.4 is 15.8 Å². The predicted molar refractivity (Wildman–Crippen MR) is 94.1 cm³/mol. The molecule has 0 saturated heterocycles. The Morgan fingerprint density at radius 2 is 2.04 bits per heavy atom. The van der Waals surface area contributed by atoms with E-state index < -0.39 is 5.91 Å². The molecule has 0 bridgehead atoms. The summed E-state index contributed by atoms with van der Waals surface area (Å²) >= 11 is 1.32. The number of thiazole rings is 1. The van der Waals surface area contributed by atoms with Crippen molar-refractivity contribution in [1.82, 2.24) is 10.3 Å². The van der Waals surface area contributed by atoms with Crippen molar-refractivity contribution in [3.8, 4) is 11.5 Å². The number of para-hydroxylation sites is 1. The number of fused-ring (bicyclic) bond motifs is 1. The molecule has 2 aromatic carbocycles. The van der Waals surface area contributed by atoms with Gasteiger partial charge in [0.25, 0.3) is 5.91 Å². The molecule has 1 heterocycles. The van der Waals surface area contributed by atoms with Gasteiger partial charge >= 0.3 is 0 Å². The van der Waals surface area contributed by atoms with Crippen LogP contribution in [0.15, 0.2) is 42.5 Å². The van der Waals surface area contributed by atoms with Crippen molar-refractivity contribution in [2.45, 2.75) is 0 Å². The number of amides is 2. The standard InChI is InChI=1S/C17H15N3O4S/c18-15(22)10-5-6-13(12(21)9-10)24-8-7-19-16(23)17-20-11-3-1-2-4-14(11)25-17/h1-6,9,21H,7-8H2,(H2,18,22)(H,19,23). The summed E-state index contributed by atoms with van der Waals surface area (Å²) in [5.74, 6) is -0.893. The zero-order valence-corrected chi connectivity index (χ0v) is 13.9. The van der Waals surface area contributed by atoms with Gasteiger partial charge in [-0.1, -0.05) is 12.1 Å². The van der Waals surface area contributed by atoms with Crippen LogP contribution >= 0.6 is 11.3 Å². The van der Waals surface area contributed by atoms with Gasteiger partial charge in [0.15, 0.2) is 16.5 Å². The molecular formula is C17H15N3O4S. The largest absolute Gasteiger partial charge is 0.504 e. The van der Waals surface area contributed by atoms with Crippen LogP contribution in [0.1, 0.15) is 20.2 Å². The third kappa shape index (κ3) is 3.86. The first-order valence-corrected chi connectivity index (χ1v) is 8.25. The number of nitrogens with zero attached hydrogens (tertiary/aromatic N) is 1. The van der Waals surface area contributed by atoms with Gasteiger partial charge in [0.2, 0.25) is 5.91 Å². The van der Waals surface area contributed by atoms with Crippen LogP contribution in [-0.2, 0) is 0 Å². The number of rotatable bonds is 6. The second-order valence-corrected chi connectivity index (χ2v) is 6.17. The Labute approximate surface area is 147 Å². The summed E-state index contributed by atoms with van der Waals surface area (Å²) in [6.45, 7) is 0.395. The van der Waals surface area contributed by atoms with Gasteiger partial charge in [-0.3, -0.25) is 9.59 Å². The summed E-state index contributed by atoms with van der Waals surface area (Å²) in [5.41, 5.74) is 6.10. The summed E-state index contributed by atoms with van der Waals surface area (Å²) in [6, 6.07) is 11.7. The average Bonchev–Trinajstić information content (AvgIpc) is 3.03. The third-order valence-electron chi connectivity index (χ3n) is 3.38. The van der Waals surface area contributed by atoms with Gasteiger partial charge in [0, 0.05) is 5.56 Å². The molecule has 0 aliphatic carbocycles. The zero-order chi connectivity index (χ0) is 17.8. The smallest absolute Gasteiger partial charge is 0.280 e. The van der Waals surface area contributed by atoms with E-state index in [4.69, 9.17) is 10.5 Å². The van der Waals surface area contributed by atoms with Crippen molar-refractivity contribution in [3.05, 3.63) is 53.0 Å². The van der Waals surface area contributed by atoms with Crippen LogP contribution in [0.25, 0.3) is 10.2 Å². The van der Waals surface area contributed by atoms with Crippen LogP contribution in [0.3, 0.4) is 0 Å². The van der Waals surface area contributed by atoms with Gasteiger partial charge in [0.1, 0.15) is 6.61 Å². The molecule has 0 aliphatic rings. The summed E-state index contributed by atoms with van der Waals surface area (Å²) in [5, 5.41) is 12.9. The SMILES string of the molecule is NC(=O)c1ccc(OCCNC(=O)c2nc3ccccc3s2)c(O)c1. The molecule has 8 heteroatoms. The lowest BCUT2D eigenvalue weighted by molar-refractivity contribution is 0.0945. The monoisotopic (exact) mass is 357 g/mol. The van der Waals surface area contributed by atoms with Crippen molar-refractivity contribution >= 4 is 33.4 Å². The highest BCUT2D eigenvalue weighted by molar-refractivity contribution is 7.20. The van der Waals surface area contributed by atoms with Gasteiger partial charge in [-0.25, -0.2) is 4.98 Å². The number of aromatic nitrogens is 1.